The molecule has 3 nitrogen and oxygen atoms in total. The quantitative estimate of drug-likeness (QED) is 0.719. The Morgan fingerprint density at radius 1 is 1.12 bits per heavy atom. The van der Waals surface area contributed by atoms with E-state index in [4.69, 9.17) is 4.74 Å². The molecule has 1 N–H and O–H groups in total. The number of hydrogen-bond donors (Lipinski definition) is 1. The lowest BCUT2D eigenvalue weighted by Gasteiger charge is -2.32. The van der Waals surface area contributed by atoms with Gasteiger partial charge in [0, 0.05) is 12.6 Å². The molecular weight excluding hydrogens is 212 g/mol. The van der Waals surface area contributed by atoms with E-state index in [1.165, 1.54) is 58.0 Å². The number of piperidine rings is 1. The molecule has 100 valence electrons. The van der Waals surface area contributed by atoms with Crippen molar-refractivity contribution in [2.75, 3.05) is 33.3 Å². The summed E-state index contributed by atoms with van der Waals surface area (Å²) >= 11 is 0. The number of hydrogen-bond acceptors (Lipinski definition) is 3. The molecule has 0 aromatic carbocycles. The highest BCUT2D eigenvalue weighted by Gasteiger charge is 2.18. The molecule has 0 radical (unpaired) electrons. The summed E-state index contributed by atoms with van der Waals surface area (Å²) in [5.41, 5.74) is 0. The lowest BCUT2D eigenvalue weighted by molar-refractivity contribution is 0.104. The average Bonchev–Trinajstić information content (AvgIpc) is 2.84. The molecular formula is C14H28N2O. The van der Waals surface area contributed by atoms with Gasteiger partial charge in [-0.05, 0) is 65.2 Å². The Kier molecular flexibility index (Phi) is 5.75. The van der Waals surface area contributed by atoms with Gasteiger partial charge in [0.1, 0.15) is 0 Å². The fourth-order valence-corrected chi connectivity index (χ4v) is 3.04. The van der Waals surface area contributed by atoms with Crippen molar-refractivity contribution < 1.29 is 4.74 Å². The molecule has 2 saturated heterocycles. The Bertz CT molecular complexity index is 204. The van der Waals surface area contributed by atoms with Crippen molar-refractivity contribution in [2.24, 2.45) is 0 Å². The van der Waals surface area contributed by atoms with E-state index in [9.17, 15) is 0 Å². The maximum absolute atomic E-state index is 5.62. The lowest BCUT2D eigenvalue weighted by atomic mass is 10.0. The zero-order chi connectivity index (χ0) is 11.9. The molecule has 0 aromatic rings. The van der Waals surface area contributed by atoms with Gasteiger partial charge in [0.05, 0.1) is 6.10 Å². The molecule has 2 atom stereocenters. The standard InChI is InChI=1S/C14H28N2O/c1-16-11-3-2-5-13(16)7-9-15-10-8-14-6-4-12-17-14/h13-15H,2-12H2,1H3. The first-order valence-corrected chi connectivity index (χ1v) is 7.39. The molecule has 0 aromatic heterocycles. The lowest BCUT2D eigenvalue weighted by Crippen LogP contribution is -2.38. The largest absolute Gasteiger partial charge is 0.378 e. The second-order valence-corrected chi connectivity index (χ2v) is 5.59. The zero-order valence-electron chi connectivity index (χ0n) is 11.3. The van der Waals surface area contributed by atoms with Crippen LogP contribution in [0.3, 0.4) is 0 Å². The second-order valence-electron chi connectivity index (χ2n) is 5.59. The van der Waals surface area contributed by atoms with E-state index in [0.717, 1.165) is 19.2 Å². The van der Waals surface area contributed by atoms with Crippen LogP contribution in [0, 0.1) is 0 Å². The topological polar surface area (TPSA) is 24.5 Å². The molecule has 2 aliphatic heterocycles. The van der Waals surface area contributed by atoms with E-state index < -0.39 is 0 Å². The van der Waals surface area contributed by atoms with Crippen LogP contribution in [0.15, 0.2) is 0 Å². The molecule has 2 heterocycles. The third-order valence-corrected chi connectivity index (χ3v) is 4.24. The first kappa shape index (κ1) is 13.3. The molecule has 0 spiro atoms. The number of nitrogens with one attached hydrogen (secondary N) is 1. The monoisotopic (exact) mass is 240 g/mol. The molecule has 2 aliphatic rings. The molecule has 2 fully saturated rings. The van der Waals surface area contributed by atoms with Crippen LogP contribution in [0.1, 0.15) is 44.9 Å². The van der Waals surface area contributed by atoms with Crippen LogP contribution in [-0.2, 0) is 4.74 Å². The van der Waals surface area contributed by atoms with Gasteiger partial charge in [-0.3, -0.25) is 0 Å². The van der Waals surface area contributed by atoms with E-state index in [2.05, 4.69) is 17.3 Å². The molecule has 2 unspecified atom stereocenters. The van der Waals surface area contributed by atoms with Crippen molar-refractivity contribution in [2.45, 2.75) is 57.1 Å². The average molecular weight is 240 g/mol. The first-order valence-electron chi connectivity index (χ1n) is 7.39. The molecule has 0 aliphatic carbocycles. The predicted molar refractivity (Wildman–Crippen MR) is 71.3 cm³/mol. The van der Waals surface area contributed by atoms with Crippen molar-refractivity contribution in [3.8, 4) is 0 Å². The van der Waals surface area contributed by atoms with Crippen LogP contribution in [-0.4, -0.2) is 50.3 Å². The molecule has 0 saturated carbocycles. The Labute approximate surface area is 106 Å². The number of ether oxygens (including phenoxy) is 1. The third kappa shape index (κ3) is 4.57. The van der Waals surface area contributed by atoms with E-state index in [1.807, 2.05) is 0 Å². The van der Waals surface area contributed by atoms with Gasteiger partial charge in [0.25, 0.3) is 0 Å². The second kappa shape index (κ2) is 7.34. The van der Waals surface area contributed by atoms with Crippen LogP contribution in [0.5, 0.6) is 0 Å². The highest BCUT2D eigenvalue weighted by Crippen LogP contribution is 2.17. The summed E-state index contributed by atoms with van der Waals surface area (Å²) in [4.78, 5) is 2.53. The summed E-state index contributed by atoms with van der Waals surface area (Å²) in [5.74, 6) is 0. The third-order valence-electron chi connectivity index (χ3n) is 4.24. The van der Waals surface area contributed by atoms with E-state index in [0.29, 0.717) is 6.10 Å². The van der Waals surface area contributed by atoms with Gasteiger partial charge in [0.2, 0.25) is 0 Å². The van der Waals surface area contributed by atoms with Gasteiger partial charge in [-0.15, -0.1) is 0 Å². The summed E-state index contributed by atoms with van der Waals surface area (Å²) in [6.45, 7) is 4.57. The predicted octanol–water partition coefficient (Wildman–Crippen LogP) is 2.02. The maximum atomic E-state index is 5.62. The van der Waals surface area contributed by atoms with Crippen molar-refractivity contribution in [3.63, 3.8) is 0 Å². The van der Waals surface area contributed by atoms with E-state index in [-0.39, 0.29) is 0 Å². The summed E-state index contributed by atoms with van der Waals surface area (Å²) in [5, 5.41) is 3.57. The minimum Gasteiger partial charge on any atom is -0.378 e. The molecule has 2 rings (SSSR count). The zero-order valence-corrected chi connectivity index (χ0v) is 11.3. The van der Waals surface area contributed by atoms with Crippen LogP contribution >= 0.6 is 0 Å². The first-order chi connectivity index (χ1) is 8.36. The van der Waals surface area contributed by atoms with Gasteiger partial charge < -0.3 is 15.0 Å². The molecule has 0 amide bonds. The maximum Gasteiger partial charge on any atom is 0.0588 e. The Morgan fingerprint density at radius 3 is 2.76 bits per heavy atom. The van der Waals surface area contributed by atoms with Gasteiger partial charge in [-0.25, -0.2) is 0 Å². The fraction of sp³-hybridized carbons (Fsp3) is 1.00. The van der Waals surface area contributed by atoms with Crippen LogP contribution in [0.2, 0.25) is 0 Å². The van der Waals surface area contributed by atoms with Gasteiger partial charge in [-0.1, -0.05) is 6.42 Å². The van der Waals surface area contributed by atoms with Crippen molar-refractivity contribution in [1.29, 1.82) is 0 Å². The van der Waals surface area contributed by atoms with Gasteiger partial charge in [0.15, 0.2) is 0 Å². The van der Waals surface area contributed by atoms with E-state index >= 15 is 0 Å². The van der Waals surface area contributed by atoms with Gasteiger partial charge >= 0.3 is 0 Å². The van der Waals surface area contributed by atoms with Crippen molar-refractivity contribution >= 4 is 0 Å². The van der Waals surface area contributed by atoms with Crippen molar-refractivity contribution in [1.82, 2.24) is 10.2 Å². The van der Waals surface area contributed by atoms with Crippen LogP contribution < -0.4 is 5.32 Å². The fourth-order valence-electron chi connectivity index (χ4n) is 3.04. The SMILES string of the molecule is CN1CCCCC1CCNCCC1CCCO1. The minimum atomic E-state index is 0.542. The summed E-state index contributed by atoms with van der Waals surface area (Å²) < 4.78 is 5.62. The Hall–Kier alpha value is -0.120. The van der Waals surface area contributed by atoms with Crippen LogP contribution in [0.4, 0.5) is 0 Å². The normalized spacial score (nSPS) is 30.9. The summed E-state index contributed by atoms with van der Waals surface area (Å²) in [7, 11) is 2.27. The van der Waals surface area contributed by atoms with E-state index in [1.54, 1.807) is 0 Å². The highest BCUT2D eigenvalue weighted by molar-refractivity contribution is 4.75. The number of nitrogens with zero attached hydrogens (tertiary/aromatic N) is 1. The van der Waals surface area contributed by atoms with Crippen LogP contribution in [0.25, 0.3) is 0 Å². The number of likely N-dealkylation sites (tertiary alicyclic amines) is 1. The summed E-state index contributed by atoms with van der Waals surface area (Å²) in [6, 6.07) is 0.819. The highest BCUT2D eigenvalue weighted by atomic mass is 16.5. The molecule has 17 heavy (non-hydrogen) atoms. The molecule has 3 heteroatoms. The molecule has 0 bridgehead atoms. The van der Waals surface area contributed by atoms with Crippen molar-refractivity contribution in [3.05, 3.63) is 0 Å². The minimum absolute atomic E-state index is 0.542. The Morgan fingerprint density at radius 2 is 2.00 bits per heavy atom. The van der Waals surface area contributed by atoms with Gasteiger partial charge in [-0.2, -0.15) is 0 Å². The Balaban J connectivity index is 1.47. The number of rotatable bonds is 6. The smallest absolute Gasteiger partial charge is 0.0588 e. The summed E-state index contributed by atoms with van der Waals surface area (Å²) in [6.07, 6.45) is 9.78.